The van der Waals surface area contributed by atoms with E-state index >= 15 is 0 Å². The minimum absolute atomic E-state index is 0.387. The van der Waals surface area contributed by atoms with Crippen LogP contribution < -0.4 is 10.6 Å². The van der Waals surface area contributed by atoms with Gasteiger partial charge in [0.15, 0.2) is 0 Å². The van der Waals surface area contributed by atoms with E-state index in [0.29, 0.717) is 17.3 Å². The number of hydrogen-bond donors (Lipinski definition) is 1. The van der Waals surface area contributed by atoms with Crippen LogP contribution in [-0.4, -0.2) is 12.6 Å². The van der Waals surface area contributed by atoms with Gasteiger partial charge in [-0.25, -0.2) is 0 Å². The third kappa shape index (κ3) is 3.66. The fraction of sp³-hybridized carbons (Fsp3) is 0.533. The lowest BCUT2D eigenvalue weighted by Gasteiger charge is -2.30. The molecule has 0 aliphatic carbocycles. The van der Waals surface area contributed by atoms with Gasteiger partial charge >= 0.3 is 0 Å². The Balaban J connectivity index is 2.95. The molecular weight excluding hydrogens is 222 g/mol. The van der Waals surface area contributed by atoms with Gasteiger partial charge < -0.3 is 10.6 Å². The number of nitrogen functional groups attached to an aromatic ring is 1. The highest BCUT2D eigenvalue weighted by molar-refractivity contribution is 5.64. The van der Waals surface area contributed by atoms with Crippen LogP contribution in [0.1, 0.15) is 45.6 Å². The second-order valence-corrected chi connectivity index (χ2v) is 4.88. The molecule has 1 rings (SSSR count). The second-order valence-electron chi connectivity index (χ2n) is 4.88. The van der Waals surface area contributed by atoms with E-state index in [9.17, 15) is 5.26 Å². The van der Waals surface area contributed by atoms with Gasteiger partial charge in [-0.05, 0) is 38.5 Å². The van der Waals surface area contributed by atoms with Gasteiger partial charge in [0.2, 0.25) is 0 Å². The minimum Gasteiger partial charge on any atom is -0.399 e. The van der Waals surface area contributed by atoms with Gasteiger partial charge in [-0.2, -0.15) is 5.26 Å². The first-order chi connectivity index (χ1) is 8.60. The molecule has 0 fully saturated rings. The predicted octanol–water partition coefficient (Wildman–Crippen LogP) is 3.55. The summed E-state index contributed by atoms with van der Waals surface area (Å²) in [6.07, 6.45) is 3.59. The second kappa shape index (κ2) is 6.90. The van der Waals surface area contributed by atoms with E-state index < -0.39 is 0 Å². The van der Waals surface area contributed by atoms with Crippen molar-refractivity contribution in [2.45, 2.75) is 46.1 Å². The summed E-state index contributed by atoms with van der Waals surface area (Å²) in [6, 6.07) is 8.21. The third-order valence-electron chi connectivity index (χ3n) is 3.08. The Bertz CT molecular complexity index is 418. The van der Waals surface area contributed by atoms with Gasteiger partial charge in [-0.15, -0.1) is 0 Å². The van der Waals surface area contributed by atoms with Crippen molar-refractivity contribution in [1.82, 2.24) is 0 Å². The van der Waals surface area contributed by atoms with E-state index in [2.05, 4.69) is 31.7 Å². The average Bonchev–Trinajstić information content (AvgIpc) is 2.35. The molecule has 0 aliphatic heterocycles. The highest BCUT2D eigenvalue weighted by Crippen LogP contribution is 2.24. The smallest absolute Gasteiger partial charge is 0.101 e. The molecule has 0 aliphatic rings. The minimum atomic E-state index is 0.387. The maximum atomic E-state index is 9.21. The highest BCUT2D eigenvalue weighted by Gasteiger charge is 2.14. The van der Waals surface area contributed by atoms with Crippen LogP contribution >= 0.6 is 0 Å². The Labute approximate surface area is 110 Å². The summed E-state index contributed by atoms with van der Waals surface area (Å²) in [6.45, 7) is 7.50. The van der Waals surface area contributed by atoms with Crippen LogP contribution in [0.25, 0.3) is 0 Å². The van der Waals surface area contributed by atoms with Crippen LogP contribution in [0.3, 0.4) is 0 Å². The standard InChI is InChI=1S/C15H23N3/c1-4-5-6-9-18(12(2)3)15-8-7-14(17)10-13(15)11-16/h7-8,10,12H,4-6,9,17H2,1-3H3. The number of nitrogens with two attached hydrogens (primary N) is 1. The van der Waals surface area contributed by atoms with Gasteiger partial charge in [-0.3, -0.25) is 0 Å². The zero-order valence-electron chi connectivity index (χ0n) is 11.6. The van der Waals surface area contributed by atoms with Crippen molar-refractivity contribution in [3.63, 3.8) is 0 Å². The largest absolute Gasteiger partial charge is 0.399 e. The number of nitrogens with zero attached hydrogens (tertiary/aromatic N) is 2. The lowest BCUT2D eigenvalue weighted by Crippen LogP contribution is -2.32. The van der Waals surface area contributed by atoms with E-state index in [0.717, 1.165) is 18.7 Å². The van der Waals surface area contributed by atoms with Crippen molar-refractivity contribution < 1.29 is 0 Å². The molecule has 0 aromatic heterocycles. The maximum absolute atomic E-state index is 9.21. The molecule has 1 aromatic rings. The summed E-state index contributed by atoms with van der Waals surface area (Å²) >= 11 is 0. The van der Waals surface area contributed by atoms with Gasteiger partial charge in [0, 0.05) is 18.3 Å². The van der Waals surface area contributed by atoms with Crippen LogP contribution in [0, 0.1) is 11.3 Å². The molecule has 0 heterocycles. The topological polar surface area (TPSA) is 53.0 Å². The van der Waals surface area contributed by atoms with Crippen molar-refractivity contribution in [1.29, 1.82) is 5.26 Å². The van der Waals surface area contributed by atoms with Crippen molar-refractivity contribution in [3.05, 3.63) is 23.8 Å². The summed E-state index contributed by atoms with van der Waals surface area (Å²) < 4.78 is 0. The molecule has 3 nitrogen and oxygen atoms in total. The molecule has 0 unspecified atom stereocenters. The third-order valence-corrected chi connectivity index (χ3v) is 3.08. The SMILES string of the molecule is CCCCCN(c1ccc(N)cc1C#N)C(C)C. The summed E-state index contributed by atoms with van der Waals surface area (Å²) in [5, 5.41) is 9.21. The zero-order chi connectivity index (χ0) is 13.5. The molecule has 3 heteroatoms. The molecule has 0 atom stereocenters. The van der Waals surface area contributed by atoms with Crippen LogP contribution in [0.2, 0.25) is 0 Å². The van der Waals surface area contributed by atoms with Gasteiger partial charge in [0.25, 0.3) is 0 Å². The first kappa shape index (κ1) is 14.4. The Hall–Kier alpha value is -1.69. The predicted molar refractivity (Wildman–Crippen MR) is 77.6 cm³/mol. The Morgan fingerprint density at radius 2 is 2.06 bits per heavy atom. The van der Waals surface area contributed by atoms with E-state index in [4.69, 9.17) is 5.73 Å². The molecule has 0 saturated heterocycles. The molecule has 0 amide bonds. The average molecular weight is 245 g/mol. The first-order valence-electron chi connectivity index (χ1n) is 6.66. The van der Waals surface area contributed by atoms with Crippen LogP contribution in [-0.2, 0) is 0 Å². The molecule has 1 aromatic carbocycles. The number of anilines is 2. The van der Waals surface area contributed by atoms with Crippen molar-refractivity contribution in [2.75, 3.05) is 17.2 Å². The zero-order valence-corrected chi connectivity index (χ0v) is 11.6. The van der Waals surface area contributed by atoms with E-state index in [1.165, 1.54) is 12.8 Å². The fourth-order valence-corrected chi connectivity index (χ4v) is 2.08. The number of hydrogen-bond acceptors (Lipinski definition) is 3. The maximum Gasteiger partial charge on any atom is 0.101 e. The molecule has 18 heavy (non-hydrogen) atoms. The number of nitriles is 1. The Morgan fingerprint density at radius 1 is 1.33 bits per heavy atom. The lowest BCUT2D eigenvalue weighted by atomic mass is 10.1. The summed E-state index contributed by atoms with van der Waals surface area (Å²) in [5.41, 5.74) is 8.04. The quantitative estimate of drug-likeness (QED) is 0.616. The van der Waals surface area contributed by atoms with Crippen molar-refractivity contribution in [3.8, 4) is 6.07 Å². The molecule has 0 spiro atoms. The monoisotopic (exact) mass is 245 g/mol. The molecule has 2 N–H and O–H groups in total. The number of rotatable bonds is 6. The fourth-order valence-electron chi connectivity index (χ4n) is 2.08. The van der Waals surface area contributed by atoms with Gasteiger partial charge in [0.1, 0.15) is 6.07 Å². The van der Waals surface area contributed by atoms with E-state index in [1.54, 1.807) is 6.07 Å². The van der Waals surface area contributed by atoms with Crippen LogP contribution in [0.4, 0.5) is 11.4 Å². The van der Waals surface area contributed by atoms with Gasteiger partial charge in [-0.1, -0.05) is 19.8 Å². The first-order valence-corrected chi connectivity index (χ1v) is 6.66. The summed E-state index contributed by atoms with van der Waals surface area (Å²) in [5.74, 6) is 0. The van der Waals surface area contributed by atoms with Crippen LogP contribution in [0.15, 0.2) is 18.2 Å². The van der Waals surface area contributed by atoms with Gasteiger partial charge in [0.05, 0.1) is 11.3 Å². The molecule has 98 valence electrons. The van der Waals surface area contributed by atoms with E-state index in [1.807, 2.05) is 12.1 Å². The molecule has 0 saturated carbocycles. The van der Waals surface area contributed by atoms with Crippen molar-refractivity contribution in [2.24, 2.45) is 0 Å². The summed E-state index contributed by atoms with van der Waals surface area (Å²) in [4.78, 5) is 2.29. The Kier molecular flexibility index (Phi) is 5.51. The van der Waals surface area contributed by atoms with Crippen molar-refractivity contribution >= 4 is 11.4 Å². The lowest BCUT2D eigenvalue weighted by molar-refractivity contribution is 0.625. The Morgan fingerprint density at radius 3 is 2.61 bits per heavy atom. The van der Waals surface area contributed by atoms with E-state index in [-0.39, 0.29) is 0 Å². The molecule has 0 bridgehead atoms. The highest BCUT2D eigenvalue weighted by atomic mass is 15.1. The summed E-state index contributed by atoms with van der Waals surface area (Å²) in [7, 11) is 0. The molecule has 0 radical (unpaired) electrons. The van der Waals surface area contributed by atoms with Crippen LogP contribution in [0.5, 0.6) is 0 Å². The number of unbranched alkanes of at least 4 members (excludes halogenated alkanes) is 2. The molecular formula is C15H23N3. The number of benzene rings is 1. The normalized spacial score (nSPS) is 10.4.